The van der Waals surface area contributed by atoms with Crippen molar-refractivity contribution in [2.75, 3.05) is 19.7 Å². The maximum absolute atomic E-state index is 15.4. The van der Waals surface area contributed by atoms with Crippen molar-refractivity contribution in [1.82, 2.24) is 5.32 Å². The lowest BCUT2D eigenvalue weighted by Gasteiger charge is -2.29. The average Bonchev–Trinajstić information content (AvgIpc) is 2.75. The summed E-state index contributed by atoms with van der Waals surface area (Å²) in [5, 5.41) is 3.36. The number of halogens is 1. The molecule has 0 aromatic carbocycles. The zero-order valence-electron chi connectivity index (χ0n) is 21.2. The summed E-state index contributed by atoms with van der Waals surface area (Å²) in [5.74, 6) is 1.37. The van der Waals surface area contributed by atoms with Gasteiger partial charge < -0.3 is 15.8 Å². The van der Waals surface area contributed by atoms with Crippen molar-refractivity contribution in [3.63, 3.8) is 0 Å². The van der Waals surface area contributed by atoms with Gasteiger partial charge in [-0.05, 0) is 64.5 Å². The van der Waals surface area contributed by atoms with Crippen LogP contribution in [0.4, 0.5) is 4.39 Å². The Balaban J connectivity index is 2.96. The molecular weight excluding hydrogens is 415 g/mol. The molecule has 0 radical (unpaired) electrons. The van der Waals surface area contributed by atoms with Crippen molar-refractivity contribution in [3.8, 4) is 0 Å². The van der Waals surface area contributed by atoms with Crippen LogP contribution in [0.5, 0.6) is 0 Å². The maximum atomic E-state index is 15.4. The summed E-state index contributed by atoms with van der Waals surface area (Å²) in [6.45, 7) is 14.2. The lowest BCUT2D eigenvalue weighted by atomic mass is 9.78. The van der Waals surface area contributed by atoms with Crippen molar-refractivity contribution >= 4 is 11.9 Å². The van der Waals surface area contributed by atoms with Crippen molar-refractivity contribution in [1.29, 1.82) is 0 Å². The van der Waals surface area contributed by atoms with Gasteiger partial charge in [-0.3, -0.25) is 4.99 Å². The highest BCUT2D eigenvalue weighted by atomic mass is 19.1. The summed E-state index contributed by atoms with van der Waals surface area (Å²) in [6, 6.07) is 0. The lowest BCUT2D eigenvalue weighted by molar-refractivity contribution is 0.142. The molecule has 0 spiro atoms. The molecule has 5 nitrogen and oxygen atoms in total. The monoisotopic (exact) mass is 460 g/mol. The molecule has 0 saturated heterocycles. The fourth-order valence-electron chi connectivity index (χ4n) is 3.72. The molecule has 1 aliphatic carbocycles. The van der Waals surface area contributed by atoms with Crippen LogP contribution in [0.2, 0.25) is 0 Å². The highest BCUT2D eigenvalue weighted by Crippen LogP contribution is 2.37. The standard InChI is InChI=1S/C27H45FN4O/c1-6-12-24(23-14-10-15-23)18-26(33-20-22(7-2)13-11-16-30-8-3)25(28)17-21(5)32-19-27(29)31-9-4/h6,9,12,19,22-23,30H,1,7-8,10-11,13-18,20,29H2,2-5H3/b24-12+,26-25-,27-19-,31-9-,32-21+. The summed E-state index contributed by atoms with van der Waals surface area (Å²) < 4.78 is 21.6. The number of aliphatic imine (C=N–C) groups is 2. The Morgan fingerprint density at radius 1 is 1.30 bits per heavy atom. The predicted octanol–water partition coefficient (Wildman–Crippen LogP) is 6.60. The molecule has 1 fully saturated rings. The summed E-state index contributed by atoms with van der Waals surface area (Å²) in [7, 11) is 0. The van der Waals surface area contributed by atoms with Crippen LogP contribution in [-0.4, -0.2) is 31.6 Å². The Hall–Kier alpha value is -2.21. The summed E-state index contributed by atoms with van der Waals surface area (Å²) in [5.41, 5.74) is 7.57. The van der Waals surface area contributed by atoms with Crippen molar-refractivity contribution in [2.24, 2.45) is 27.6 Å². The van der Waals surface area contributed by atoms with E-state index in [1.165, 1.54) is 18.2 Å². The molecular formula is C27H45FN4O. The van der Waals surface area contributed by atoms with Crippen molar-refractivity contribution < 1.29 is 9.13 Å². The van der Waals surface area contributed by atoms with Crippen LogP contribution >= 0.6 is 0 Å². The van der Waals surface area contributed by atoms with Gasteiger partial charge in [0.15, 0.2) is 0 Å². The molecule has 0 bridgehead atoms. The predicted molar refractivity (Wildman–Crippen MR) is 140 cm³/mol. The van der Waals surface area contributed by atoms with Gasteiger partial charge in [-0.2, -0.15) is 0 Å². The first-order valence-electron chi connectivity index (χ1n) is 12.4. The SMILES string of the molecule is C=C/C=C(\C/C(OCC(CC)CCCNCC)=C(/F)C/C(C)=N/C=C(N)\N=C/C)C1CCC1. The molecule has 1 saturated carbocycles. The van der Waals surface area contributed by atoms with Crippen LogP contribution in [0.15, 0.2) is 57.9 Å². The molecule has 186 valence electrons. The Labute approximate surface area is 200 Å². The minimum absolute atomic E-state index is 0.0954. The molecule has 0 aromatic heterocycles. The average molecular weight is 461 g/mol. The van der Waals surface area contributed by atoms with Gasteiger partial charge in [-0.1, -0.05) is 51.0 Å². The van der Waals surface area contributed by atoms with Gasteiger partial charge in [-0.25, -0.2) is 9.38 Å². The fraction of sp³-hybridized carbons (Fsp3) is 0.630. The molecule has 0 heterocycles. The molecule has 3 N–H and O–H groups in total. The number of hydrogen-bond acceptors (Lipinski definition) is 5. The fourth-order valence-corrected chi connectivity index (χ4v) is 3.72. The van der Waals surface area contributed by atoms with Gasteiger partial charge in [-0.15, -0.1) is 0 Å². The molecule has 0 aliphatic heterocycles. The van der Waals surface area contributed by atoms with Crippen LogP contribution in [-0.2, 0) is 4.74 Å². The van der Waals surface area contributed by atoms with Crippen molar-refractivity contribution in [3.05, 3.63) is 47.9 Å². The van der Waals surface area contributed by atoms with Gasteiger partial charge in [0, 0.05) is 24.8 Å². The Kier molecular flexibility index (Phi) is 15.1. The number of ether oxygens (including phenoxy) is 1. The van der Waals surface area contributed by atoms with E-state index in [1.54, 1.807) is 26.1 Å². The number of nitrogens with two attached hydrogens (primary N) is 1. The summed E-state index contributed by atoms with van der Waals surface area (Å²) >= 11 is 0. The summed E-state index contributed by atoms with van der Waals surface area (Å²) in [4.78, 5) is 8.22. The zero-order chi connectivity index (χ0) is 24.5. The largest absolute Gasteiger partial charge is 0.495 e. The zero-order valence-corrected chi connectivity index (χ0v) is 21.2. The van der Waals surface area contributed by atoms with E-state index in [2.05, 4.69) is 35.7 Å². The van der Waals surface area contributed by atoms with E-state index in [0.717, 1.165) is 45.2 Å². The van der Waals surface area contributed by atoms with E-state index in [1.807, 2.05) is 6.08 Å². The van der Waals surface area contributed by atoms with Crippen LogP contribution < -0.4 is 11.1 Å². The van der Waals surface area contributed by atoms with E-state index in [0.29, 0.717) is 42.2 Å². The quantitative estimate of drug-likeness (QED) is 0.111. The second kappa shape index (κ2) is 17.3. The van der Waals surface area contributed by atoms with Gasteiger partial charge >= 0.3 is 0 Å². The van der Waals surface area contributed by atoms with Gasteiger partial charge in [0.2, 0.25) is 0 Å². The number of nitrogens with zero attached hydrogens (tertiary/aromatic N) is 2. The first-order valence-corrected chi connectivity index (χ1v) is 12.4. The number of allylic oxidation sites excluding steroid dienone is 4. The topological polar surface area (TPSA) is 72.0 Å². The molecule has 1 rings (SSSR count). The van der Waals surface area contributed by atoms with Crippen LogP contribution in [0.1, 0.15) is 79.1 Å². The normalized spacial score (nSPS) is 17.7. The van der Waals surface area contributed by atoms with E-state index in [4.69, 9.17) is 10.5 Å². The lowest BCUT2D eigenvalue weighted by Crippen LogP contribution is -2.18. The molecule has 0 amide bonds. The van der Waals surface area contributed by atoms with Crippen LogP contribution in [0.25, 0.3) is 0 Å². The molecule has 1 aliphatic rings. The van der Waals surface area contributed by atoms with Gasteiger partial charge in [0.05, 0.1) is 12.8 Å². The molecule has 33 heavy (non-hydrogen) atoms. The third kappa shape index (κ3) is 12.0. The molecule has 1 unspecified atom stereocenters. The first-order chi connectivity index (χ1) is 15.9. The van der Waals surface area contributed by atoms with E-state index < -0.39 is 0 Å². The van der Waals surface area contributed by atoms with Gasteiger partial charge in [0.1, 0.15) is 17.4 Å². The second-order valence-corrected chi connectivity index (χ2v) is 8.67. The smallest absolute Gasteiger partial charge is 0.143 e. The number of rotatable bonds is 17. The Morgan fingerprint density at radius 2 is 2.06 bits per heavy atom. The second-order valence-electron chi connectivity index (χ2n) is 8.67. The van der Waals surface area contributed by atoms with E-state index in [-0.39, 0.29) is 12.2 Å². The third-order valence-corrected chi connectivity index (χ3v) is 6.02. The maximum Gasteiger partial charge on any atom is 0.143 e. The molecule has 6 heteroatoms. The van der Waals surface area contributed by atoms with Crippen molar-refractivity contribution in [2.45, 2.75) is 79.1 Å². The van der Waals surface area contributed by atoms with Gasteiger partial charge in [0.25, 0.3) is 0 Å². The minimum Gasteiger partial charge on any atom is -0.495 e. The Bertz CT molecular complexity index is 732. The third-order valence-electron chi connectivity index (χ3n) is 6.02. The number of nitrogens with one attached hydrogen (secondary N) is 1. The highest BCUT2D eigenvalue weighted by Gasteiger charge is 2.24. The Morgan fingerprint density at radius 3 is 2.64 bits per heavy atom. The van der Waals surface area contributed by atoms with E-state index >= 15 is 4.39 Å². The first kappa shape index (κ1) is 28.8. The van der Waals surface area contributed by atoms with Crippen LogP contribution in [0.3, 0.4) is 0 Å². The van der Waals surface area contributed by atoms with E-state index in [9.17, 15) is 0 Å². The molecule has 0 aromatic rings. The molecule has 1 atom stereocenters. The minimum atomic E-state index is -0.265. The number of hydrogen-bond donors (Lipinski definition) is 2. The summed E-state index contributed by atoms with van der Waals surface area (Å²) in [6.07, 6.45) is 14.2. The highest BCUT2D eigenvalue weighted by molar-refractivity contribution is 5.84. The van der Waals surface area contributed by atoms with Crippen LogP contribution in [0, 0.1) is 11.8 Å².